The van der Waals surface area contributed by atoms with Crippen LogP contribution in [0.5, 0.6) is 0 Å². The molecule has 1 fully saturated rings. The Balaban J connectivity index is 2.06. The van der Waals surface area contributed by atoms with Crippen molar-refractivity contribution in [2.24, 2.45) is 0 Å². The highest BCUT2D eigenvalue weighted by molar-refractivity contribution is 5.85. The monoisotopic (exact) mass is 240 g/mol. The Morgan fingerprint density at radius 2 is 2.29 bits per heavy atom. The van der Waals surface area contributed by atoms with E-state index in [-0.39, 0.29) is 5.97 Å². The van der Waals surface area contributed by atoms with Crippen LogP contribution >= 0.6 is 0 Å². The van der Waals surface area contributed by atoms with Crippen LogP contribution in [-0.2, 0) is 26.1 Å². The van der Waals surface area contributed by atoms with Crippen LogP contribution in [0, 0.1) is 0 Å². The Bertz CT molecular complexity index is 398. The molecule has 0 amide bonds. The first kappa shape index (κ1) is 12.0. The minimum atomic E-state index is -0.672. The van der Waals surface area contributed by atoms with Gasteiger partial charge in [0, 0.05) is 13.5 Å². The van der Waals surface area contributed by atoms with E-state index in [2.05, 4.69) is 10.1 Å². The number of methoxy groups -OCH3 is 1. The summed E-state index contributed by atoms with van der Waals surface area (Å²) in [5.41, 5.74) is -0.672. The van der Waals surface area contributed by atoms with Crippen LogP contribution in [0.25, 0.3) is 0 Å². The Morgan fingerprint density at radius 3 is 2.88 bits per heavy atom. The molecule has 6 heteroatoms. The number of hydrogen-bond acceptors (Lipinski definition) is 6. The number of carbonyl (C=O) groups excluding carboxylic acids is 1. The summed E-state index contributed by atoms with van der Waals surface area (Å²) in [6.45, 7) is 2.68. The van der Waals surface area contributed by atoms with Gasteiger partial charge in [-0.2, -0.15) is 4.98 Å². The number of ether oxygens (including phenoxy) is 2. The number of carbonyl (C=O) groups is 1. The van der Waals surface area contributed by atoms with Gasteiger partial charge in [0.05, 0.1) is 13.2 Å². The van der Waals surface area contributed by atoms with E-state index in [1.54, 1.807) is 14.0 Å². The zero-order valence-corrected chi connectivity index (χ0v) is 10.1. The molecular weight excluding hydrogens is 224 g/mol. The largest absolute Gasteiger partial charge is 0.465 e. The molecule has 1 aromatic rings. The van der Waals surface area contributed by atoms with Gasteiger partial charge < -0.3 is 14.0 Å². The summed E-state index contributed by atoms with van der Waals surface area (Å²) in [5, 5.41) is 3.83. The fourth-order valence-electron chi connectivity index (χ4n) is 1.64. The highest BCUT2D eigenvalue weighted by atomic mass is 16.5. The molecule has 1 aromatic heterocycles. The molecule has 1 heterocycles. The molecule has 0 bridgehead atoms. The second-order valence-corrected chi connectivity index (χ2v) is 4.06. The molecule has 0 unspecified atom stereocenters. The van der Waals surface area contributed by atoms with Gasteiger partial charge in [-0.1, -0.05) is 5.16 Å². The Morgan fingerprint density at radius 1 is 1.53 bits per heavy atom. The highest BCUT2D eigenvalue weighted by Gasteiger charge is 2.57. The normalized spacial score (nSPS) is 16.8. The van der Waals surface area contributed by atoms with Gasteiger partial charge in [0.1, 0.15) is 5.41 Å². The minimum absolute atomic E-state index is 0.262. The number of esters is 1. The van der Waals surface area contributed by atoms with E-state index in [0.717, 1.165) is 12.8 Å². The Labute approximate surface area is 99.3 Å². The van der Waals surface area contributed by atoms with E-state index in [1.165, 1.54) is 0 Å². The first-order valence-electron chi connectivity index (χ1n) is 5.72. The number of aromatic nitrogens is 2. The van der Waals surface area contributed by atoms with Gasteiger partial charge in [-0.15, -0.1) is 0 Å². The van der Waals surface area contributed by atoms with Crippen molar-refractivity contribution < 1.29 is 18.8 Å². The second kappa shape index (κ2) is 4.83. The summed E-state index contributed by atoms with van der Waals surface area (Å²) in [6.07, 6.45) is 2.02. The molecule has 0 spiro atoms. The molecule has 1 aliphatic rings. The maximum atomic E-state index is 11.8. The SMILES string of the molecule is CCOC(=O)C1(c2nc(CCOC)no2)CC1. The van der Waals surface area contributed by atoms with Crippen molar-refractivity contribution in [3.8, 4) is 0 Å². The predicted octanol–water partition coefficient (Wildman–Crippen LogP) is 0.853. The summed E-state index contributed by atoms with van der Waals surface area (Å²) < 4.78 is 15.1. The zero-order valence-electron chi connectivity index (χ0n) is 10.1. The molecule has 0 N–H and O–H groups in total. The standard InChI is InChI=1S/C11H16N2O4/c1-3-16-10(14)11(5-6-11)9-12-8(13-17-9)4-7-15-2/h3-7H2,1-2H3. The van der Waals surface area contributed by atoms with E-state index in [1.807, 2.05) is 0 Å². The van der Waals surface area contributed by atoms with Crippen LogP contribution in [0.2, 0.25) is 0 Å². The third-order valence-corrected chi connectivity index (χ3v) is 2.82. The van der Waals surface area contributed by atoms with Crippen molar-refractivity contribution >= 4 is 5.97 Å². The van der Waals surface area contributed by atoms with Crippen LogP contribution in [0.1, 0.15) is 31.5 Å². The molecule has 1 saturated carbocycles. The molecular formula is C11H16N2O4. The summed E-state index contributed by atoms with van der Waals surface area (Å²) in [4.78, 5) is 16.0. The summed E-state index contributed by atoms with van der Waals surface area (Å²) in [7, 11) is 1.61. The first-order valence-corrected chi connectivity index (χ1v) is 5.72. The number of hydrogen-bond donors (Lipinski definition) is 0. The van der Waals surface area contributed by atoms with Crippen molar-refractivity contribution in [2.45, 2.75) is 31.6 Å². The predicted molar refractivity (Wildman–Crippen MR) is 57.4 cm³/mol. The summed E-state index contributed by atoms with van der Waals surface area (Å²) >= 11 is 0. The van der Waals surface area contributed by atoms with E-state index in [9.17, 15) is 4.79 Å². The molecule has 0 saturated heterocycles. The smallest absolute Gasteiger partial charge is 0.321 e. The van der Waals surface area contributed by atoms with Gasteiger partial charge in [-0.25, -0.2) is 0 Å². The number of nitrogens with zero attached hydrogens (tertiary/aromatic N) is 2. The van der Waals surface area contributed by atoms with Gasteiger partial charge in [-0.05, 0) is 19.8 Å². The molecule has 6 nitrogen and oxygen atoms in total. The molecule has 1 aliphatic carbocycles. The quantitative estimate of drug-likeness (QED) is 0.686. The lowest BCUT2D eigenvalue weighted by atomic mass is 10.1. The van der Waals surface area contributed by atoms with Crippen LogP contribution < -0.4 is 0 Å². The lowest BCUT2D eigenvalue weighted by molar-refractivity contribution is -0.146. The Kier molecular flexibility index (Phi) is 3.42. The number of rotatable bonds is 6. The van der Waals surface area contributed by atoms with Crippen molar-refractivity contribution in [1.29, 1.82) is 0 Å². The summed E-state index contributed by atoms with van der Waals surface area (Å²) in [5.74, 6) is 0.682. The van der Waals surface area contributed by atoms with E-state index in [0.29, 0.717) is 31.3 Å². The molecule has 0 atom stereocenters. The van der Waals surface area contributed by atoms with Crippen LogP contribution in [0.4, 0.5) is 0 Å². The topological polar surface area (TPSA) is 74.5 Å². The second-order valence-electron chi connectivity index (χ2n) is 4.06. The molecule has 0 aliphatic heterocycles. The van der Waals surface area contributed by atoms with Gasteiger partial charge in [0.25, 0.3) is 0 Å². The van der Waals surface area contributed by atoms with Gasteiger partial charge in [0.15, 0.2) is 5.82 Å². The van der Waals surface area contributed by atoms with Crippen LogP contribution in [0.3, 0.4) is 0 Å². The summed E-state index contributed by atoms with van der Waals surface area (Å²) in [6, 6.07) is 0. The fourth-order valence-corrected chi connectivity index (χ4v) is 1.64. The molecule has 94 valence electrons. The van der Waals surface area contributed by atoms with Gasteiger partial charge >= 0.3 is 5.97 Å². The molecule has 2 rings (SSSR count). The van der Waals surface area contributed by atoms with E-state index >= 15 is 0 Å². The fraction of sp³-hybridized carbons (Fsp3) is 0.727. The third-order valence-electron chi connectivity index (χ3n) is 2.82. The minimum Gasteiger partial charge on any atom is -0.465 e. The van der Waals surface area contributed by atoms with Gasteiger partial charge in [-0.3, -0.25) is 4.79 Å². The third kappa shape index (κ3) is 2.31. The maximum absolute atomic E-state index is 11.8. The zero-order chi connectivity index (χ0) is 12.3. The van der Waals surface area contributed by atoms with Crippen LogP contribution in [0.15, 0.2) is 4.52 Å². The van der Waals surface area contributed by atoms with Crippen LogP contribution in [-0.4, -0.2) is 36.4 Å². The average molecular weight is 240 g/mol. The van der Waals surface area contributed by atoms with Crippen molar-refractivity contribution in [2.75, 3.05) is 20.3 Å². The van der Waals surface area contributed by atoms with E-state index in [4.69, 9.17) is 14.0 Å². The van der Waals surface area contributed by atoms with Crippen molar-refractivity contribution in [1.82, 2.24) is 10.1 Å². The lowest BCUT2D eigenvalue weighted by Crippen LogP contribution is -2.23. The molecule has 17 heavy (non-hydrogen) atoms. The lowest BCUT2D eigenvalue weighted by Gasteiger charge is -2.07. The average Bonchev–Trinajstić information content (AvgIpc) is 3.01. The molecule has 0 radical (unpaired) electrons. The maximum Gasteiger partial charge on any atom is 0.321 e. The highest BCUT2D eigenvalue weighted by Crippen LogP contribution is 2.48. The van der Waals surface area contributed by atoms with Crippen molar-refractivity contribution in [3.05, 3.63) is 11.7 Å². The van der Waals surface area contributed by atoms with E-state index < -0.39 is 5.41 Å². The Hall–Kier alpha value is -1.43. The molecule has 0 aromatic carbocycles. The van der Waals surface area contributed by atoms with Crippen molar-refractivity contribution in [3.63, 3.8) is 0 Å². The first-order chi connectivity index (χ1) is 8.23. The van der Waals surface area contributed by atoms with Gasteiger partial charge in [0.2, 0.25) is 5.89 Å².